The average Bonchev–Trinajstić information content (AvgIpc) is 3.13. The van der Waals surface area contributed by atoms with Gasteiger partial charge in [0.25, 0.3) is 0 Å². The topological polar surface area (TPSA) is 51.6 Å². The molecular weight excluding hydrogens is 681 g/mol. The Morgan fingerprint density at radius 3 is 0.661 bits per heavy atom. The predicted octanol–water partition coefficient (Wildman–Crippen LogP) is 10.2. The molecule has 0 amide bonds. The first kappa shape index (κ1) is 35.8. The lowest BCUT2D eigenvalue weighted by molar-refractivity contribution is 1.12. The normalized spacial score (nSPS) is 10.6. The largest absolute Gasteiger partial charge is 0.258 e. The van der Waals surface area contributed by atoms with Crippen LogP contribution in [-0.2, 0) is 0 Å². The van der Waals surface area contributed by atoms with E-state index in [-0.39, 0.29) is 0 Å². The molecule has 0 atom stereocenters. The van der Waals surface area contributed by atoms with Crippen molar-refractivity contribution in [2.45, 2.75) is 55.4 Å². The molecule has 56 heavy (non-hydrogen) atoms. The van der Waals surface area contributed by atoms with Gasteiger partial charge in [-0.15, -0.1) is 0 Å². The van der Waals surface area contributed by atoms with E-state index in [1.54, 1.807) is 0 Å². The van der Waals surface area contributed by atoms with Gasteiger partial charge in [0.15, 0.2) is 0 Å². The molecule has 0 saturated carbocycles. The Labute approximate surface area is 328 Å². The number of aromatic nitrogens is 4. The number of rotatable bonds is 0. The van der Waals surface area contributed by atoms with Crippen molar-refractivity contribution in [2.75, 3.05) is 0 Å². The molecule has 0 spiro atoms. The van der Waals surface area contributed by atoms with Gasteiger partial charge in [-0.1, -0.05) is 71.6 Å². The second-order valence-corrected chi connectivity index (χ2v) is 14.6. The molecule has 4 aromatic heterocycles. The standard InChI is InChI=1S/C52H38N4/c1-31-21-39(22-32(2)53-31)9-13-43-29-44(14-10-40-23-33(3)54-34(4)24-40)48-19-20-50-46(16-12-42-27-37(7)56-38(8)28-42)30-45(49-18-17-47(43)51(48)52(49)50)15-11-41-25-35(5)55-36(6)26-41/h17-30H,1-8H3. The van der Waals surface area contributed by atoms with Crippen molar-refractivity contribution in [3.05, 3.63) is 175 Å². The molecule has 0 bridgehead atoms. The van der Waals surface area contributed by atoms with Crippen LogP contribution in [0.4, 0.5) is 0 Å². The predicted molar refractivity (Wildman–Crippen MR) is 229 cm³/mol. The summed E-state index contributed by atoms with van der Waals surface area (Å²) in [5.74, 6) is 28.0. The van der Waals surface area contributed by atoms with Crippen molar-refractivity contribution < 1.29 is 0 Å². The quantitative estimate of drug-likeness (QED) is 0.116. The highest BCUT2D eigenvalue weighted by Crippen LogP contribution is 2.40. The first-order valence-electron chi connectivity index (χ1n) is 18.6. The zero-order chi connectivity index (χ0) is 39.1. The van der Waals surface area contributed by atoms with Crippen molar-refractivity contribution in [1.82, 2.24) is 19.9 Å². The maximum atomic E-state index is 4.56. The first-order chi connectivity index (χ1) is 26.9. The summed E-state index contributed by atoms with van der Waals surface area (Å²) in [6.45, 7) is 16.0. The zero-order valence-corrected chi connectivity index (χ0v) is 32.9. The van der Waals surface area contributed by atoms with E-state index in [1.165, 1.54) is 0 Å². The maximum absolute atomic E-state index is 4.56. The number of benzene rings is 4. The number of hydrogen-bond donors (Lipinski definition) is 0. The Morgan fingerprint density at radius 1 is 0.268 bits per heavy atom. The molecule has 4 heterocycles. The van der Waals surface area contributed by atoms with Crippen LogP contribution >= 0.6 is 0 Å². The molecule has 0 aliphatic heterocycles. The summed E-state index contributed by atoms with van der Waals surface area (Å²) in [7, 11) is 0. The summed E-state index contributed by atoms with van der Waals surface area (Å²) in [5.41, 5.74) is 14.8. The van der Waals surface area contributed by atoms with Gasteiger partial charge < -0.3 is 0 Å². The molecule has 0 N–H and O–H groups in total. The molecule has 4 nitrogen and oxygen atoms in total. The second kappa shape index (κ2) is 14.5. The molecule has 4 aromatic carbocycles. The fourth-order valence-electron chi connectivity index (χ4n) is 7.59. The number of pyridine rings is 4. The summed E-state index contributed by atoms with van der Waals surface area (Å²) >= 11 is 0. The molecule has 8 rings (SSSR count). The van der Waals surface area contributed by atoms with Crippen LogP contribution in [0.5, 0.6) is 0 Å². The average molecular weight is 719 g/mol. The van der Waals surface area contributed by atoms with Crippen molar-refractivity contribution in [1.29, 1.82) is 0 Å². The Morgan fingerprint density at radius 2 is 0.464 bits per heavy atom. The fraction of sp³-hybridized carbons (Fsp3) is 0.154. The minimum Gasteiger partial charge on any atom is -0.258 e. The summed E-state index contributed by atoms with van der Waals surface area (Å²) in [6, 6.07) is 29.2. The van der Waals surface area contributed by atoms with Crippen molar-refractivity contribution in [3.63, 3.8) is 0 Å². The number of hydrogen-bond acceptors (Lipinski definition) is 4. The van der Waals surface area contributed by atoms with Crippen LogP contribution in [0.2, 0.25) is 0 Å². The van der Waals surface area contributed by atoms with E-state index in [1.807, 2.05) is 104 Å². The number of aryl methyl sites for hydroxylation is 8. The van der Waals surface area contributed by atoms with Gasteiger partial charge in [0.2, 0.25) is 0 Å². The SMILES string of the molecule is Cc1cc(C#Cc2cc(C#Cc3cc(C)nc(C)c3)c3ccc4c(C#Cc5cc(C)nc(C)c5)cc(C#Cc5cc(C)nc(C)c5)c5ccc2c3c54)cc(C)n1. The molecule has 0 unspecified atom stereocenters. The van der Waals surface area contributed by atoms with Crippen LogP contribution in [0.15, 0.2) is 84.9 Å². The van der Waals surface area contributed by atoms with Gasteiger partial charge in [-0.25, -0.2) is 0 Å². The molecule has 0 aliphatic carbocycles. The second-order valence-electron chi connectivity index (χ2n) is 14.6. The van der Waals surface area contributed by atoms with Gasteiger partial charge >= 0.3 is 0 Å². The van der Waals surface area contributed by atoms with E-state index in [0.29, 0.717) is 0 Å². The lowest BCUT2D eigenvalue weighted by atomic mass is 9.86. The highest BCUT2D eigenvalue weighted by atomic mass is 14.7. The molecule has 0 radical (unpaired) electrons. The minimum atomic E-state index is 0.903. The van der Waals surface area contributed by atoms with Crippen LogP contribution in [-0.4, -0.2) is 19.9 Å². The third-order valence-electron chi connectivity index (χ3n) is 9.59. The van der Waals surface area contributed by atoms with E-state index in [0.717, 1.165) is 122 Å². The molecule has 4 heteroatoms. The zero-order valence-electron chi connectivity index (χ0n) is 32.9. The van der Waals surface area contributed by atoms with Gasteiger partial charge in [-0.05, 0) is 148 Å². The molecule has 0 fully saturated rings. The van der Waals surface area contributed by atoms with Gasteiger partial charge in [0.1, 0.15) is 0 Å². The summed E-state index contributed by atoms with van der Waals surface area (Å²) in [5, 5.41) is 6.41. The Balaban J connectivity index is 1.44. The van der Waals surface area contributed by atoms with E-state index < -0.39 is 0 Å². The van der Waals surface area contributed by atoms with E-state index in [2.05, 4.69) is 104 Å². The first-order valence-corrected chi connectivity index (χ1v) is 18.6. The summed E-state index contributed by atoms with van der Waals surface area (Å²) in [6.07, 6.45) is 0. The van der Waals surface area contributed by atoms with E-state index in [9.17, 15) is 0 Å². The van der Waals surface area contributed by atoms with E-state index in [4.69, 9.17) is 0 Å². The van der Waals surface area contributed by atoms with Crippen LogP contribution in [0.25, 0.3) is 32.3 Å². The van der Waals surface area contributed by atoms with Crippen LogP contribution in [0.1, 0.15) is 90.1 Å². The van der Waals surface area contributed by atoms with Gasteiger partial charge in [0.05, 0.1) is 0 Å². The Kier molecular flexibility index (Phi) is 9.29. The molecule has 0 aliphatic rings. The molecule has 266 valence electrons. The van der Waals surface area contributed by atoms with E-state index >= 15 is 0 Å². The molecular formula is C52H38N4. The van der Waals surface area contributed by atoms with Crippen LogP contribution < -0.4 is 0 Å². The highest BCUT2D eigenvalue weighted by Gasteiger charge is 2.17. The Bertz CT molecular complexity index is 2690. The summed E-state index contributed by atoms with van der Waals surface area (Å²) < 4.78 is 0. The van der Waals surface area contributed by atoms with Crippen molar-refractivity contribution in [3.8, 4) is 47.4 Å². The molecule has 8 aromatic rings. The number of nitrogens with zero attached hydrogens (tertiary/aromatic N) is 4. The third kappa shape index (κ3) is 7.43. The van der Waals surface area contributed by atoms with Gasteiger partial charge in [0, 0.05) is 90.1 Å². The van der Waals surface area contributed by atoms with Crippen LogP contribution in [0, 0.1) is 103 Å². The summed E-state index contributed by atoms with van der Waals surface area (Å²) in [4.78, 5) is 18.2. The maximum Gasteiger partial charge on any atom is 0.0388 e. The molecule has 0 saturated heterocycles. The monoisotopic (exact) mass is 718 g/mol. The highest BCUT2D eigenvalue weighted by molar-refractivity contribution is 6.26. The van der Waals surface area contributed by atoms with Gasteiger partial charge in [-0.3, -0.25) is 19.9 Å². The van der Waals surface area contributed by atoms with Crippen molar-refractivity contribution in [2.24, 2.45) is 0 Å². The van der Waals surface area contributed by atoms with Crippen molar-refractivity contribution >= 4 is 32.3 Å². The minimum absolute atomic E-state index is 0.903. The Hall–Kier alpha value is -7.24. The van der Waals surface area contributed by atoms with Crippen LogP contribution in [0.3, 0.4) is 0 Å². The third-order valence-corrected chi connectivity index (χ3v) is 9.59. The lowest BCUT2D eigenvalue weighted by Crippen LogP contribution is -1.95. The smallest absolute Gasteiger partial charge is 0.0388 e. The lowest BCUT2D eigenvalue weighted by Gasteiger charge is -2.16. The fourth-order valence-corrected chi connectivity index (χ4v) is 7.59. The van der Waals surface area contributed by atoms with Gasteiger partial charge in [-0.2, -0.15) is 0 Å².